The van der Waals surface area contributed by atoms with Crippen molar-refractivity contribution in [3.8, 4) is 0 Å². The van der Waals surface area contributed by atoms with Gasteiger partial charge in [-0.2, -0.15) is 0 Å². The van der Waals surface area contributed by atoms with Crippen LogP contribution in [0.5, 0.6) is 0 Å². The summed E-state index contributed by atoms with van der Waals surface area (Å²) in [4.78, 5) is 0. The lowest BCUT2D eigenvalue weighted by Crippen LogP contribution is -2.22. The second-order valence-electron chi connectivity index (χ2n) is 2.84. The van der Waals surface area contributed by atoms with E-state index in [9.17, 15) is 0 Å². The van der Waals surface area contributed by atoms with Crippen molar-refractivity contribution in [1.29, 1.82) is 0 Å². The van der Waals surface area contributed by atoms with Crippen LogP contribution in [0.15, 0.2) is 11.8 Å². The van der Waals surface area contributed by atoms with E-state index in [0.29, 0.717) is 6.04 Å². The van der Waals surface area contributed by atoms with Crippen LogP contribution in [0.1, 0.15) is 27.2 Å². The Morgan fingerprint density at radius 1 is 1.56 bits per heavy atom. The third kappa shape index (κ3) is 1.26. The Labute approximate surface area is 57.1 Å². The summed E-state index contributed by atoms with van der Waals surface area (Å²) in [5.41, 5.74) is 1.41. The summed E-state index contributed by atoms with van der Waals surface area (Å²) in [6.45, 7) is 6.66. The van der Waals surface area contributed by atoms with Crippen molar-refractivity contribution in [2.45, 2.75) is 33.2 Å². The first kappa shape index (κ1) is 6.66. The van der Waals surface area contributed by atoms with Crippen LogP contribution in [0.25, 0.3) is 0 Å². The van der Waals surface area contributed by atoms with Crippen molar-refractivity contribution in [2.75, 3.05) is 0 Å². The van der Waals surface area contributed by atoms with E-state index >= 15 is 0 Å². The van der Waals surface area contributed by atoms with E-state index in [1.165, 1.54) is 5.70 Å². The molecule has 0 aliphatic carbocycles. The third-order valence-electron chi connectivity index (χ3n) is 2.05. The van der Waals surface area contributed by atoms with Gasteiger partial charge in [0.15, 0.2) is 0 Å². The van der Waals surface area contributed by atoms with Gasteiger partial charge in [-0.25, -0.2) is 0 Å². The predicted octanol–water partition coefficient (Wildman–Crippen LogP) is 1.91. The lowest BCUT2D eigenvalue weighted by molar-refractivity contribution is 0.545. The molecule has 1 heterocycles. The van der Waals surface area contributed by atoms with Crippen LogP contribution < -0.4 is 5.32 Å². The monoisotopic (exact) mass is 125 g/mol. The van der Waals surface area contributed by atoms with E-state index in [1.54, 1.807) is 0 Å². The van der Waals surface area contributed by atoms with Crippen molar-refractivity contribution >= 4 is 0 Å². The average Bonchev–Trinajstić information content (AvgIpc) is 2.13. The van der Waals surface area contributed by atoms with Crippen LogP contribution in [0.2, 0.25) is 0 Å². The van der Waals surface area contributed by atoms with Crippen molar-refractivity contribution in [3.63, 3.8) is 0 Å². The largest absolute Gasteiger partial charge is 0.386 e. The molecule has 0 bridgehead atoms. The first-order valence-electron chi connectivity index (χ1n) is 3.71. The molecular formula is C8H15N. The number of rotatable bonds is 1. The fraction of sp³-hybridized carbons (Fsp3) is 0.750. The summed E-state index contributed by atoms with van der Waals surface area (Å²) in [5.74, 6) is 0.722. The Balaban J connectivity index is 2.52. The van der Waals surface area contributed by atoms with Gasteiger partial charge in [0.25, 0.3) is 0 Å². The van der Waals surface area contributed by atoms with E-state index in [4.69, 9.17) is 0 Å². The third-order valence-corrected chi connectivity index (χ3v) is 2.05. The van der Waals surface area contributed by atoms with Crippen LogP contribution in [0.4, 0.5) is 0 Å². The minimum atomic E-state index is 0.653. The molecule has 1 aliphatic heterocycles. The Bertz CT molecular complexity index is 127. The molecule has 0 amide bonds. The molecule has 1 nitrogen and oxygen atoms in total. The number of hydrogen-bond donors (Lipinski definition) is 1. The van der Waals surface area contributed by atoms with E-state index in [1.807, 2.05) is 0 Å². The minimum absolute atomic E-state index is 0.653. The quantitative estimate of drug-likeness (QED) is 0.564. The van der Waals surface area contributed by atoms with Crippen LogP contribution in [-0.4, -0.2) is 6.04 Å². The second-order valence-corrected chi connectivity index (χ2v) is 2.84. The highest BCUT2D eigenvalue weighted by Crippen LogP contribution is 2.16. The fourth-order valence-corrected chi connectivity index (χ4v) is 1.15. The summed E-state index contributed by atoms with van der Waals surface area (Å²) in [7, 11) is 0. The zero-order chi connectivity index (χ0) is 6.85. The molecule has 0 fully saturated rings. The fourth-order valence-electron chi connectivity index (χ4n) is 1.15. The van der Waals surface area contributed by atoms with Gasteiger partial charge in [-0.3, -0.25) is 0 Å². The molecule has 1 heteroatoms. The molecule has 0 radical (unpaired) electrons. The predicted molar refractivity (Wildman–Crippen MR) is 40.1 cm³/mol. The molecule has 0 aromatic carbocycles. The first-order chi connectivity index (χ1) is 4.24. The zero-order valence-corrected chi connectivity index (χ0v) is 6.44. The van der Waals surface area contributed by atoms with E-state index in [-0.39, 0.29) is 0 Å². The summed E-state index contributed by atoms with van der Waals surface area (Å²) >= 11 is 0. The number of nitrogens with one attached hydrogen (secondary N) is 1. The molecule has 2 unspecified atom stereocenters. The van der Waals surface area contributed by atoms with Gasteiger partial charge in [0, 0.05) is 11.7 Å². The van der Waals surface area contributed by atoms with Gasteiger partial charge in [-0.1, -0.05) is 19.9 Å². The number of hydrogen-bond acceptors (Lipinski definition) is 1. The lowest BCUT2D eigenvalue weighted by Gasteiger charge is -2.09. The van der Waals surface area contributed by atoms with Crippen molar-refractivity contribution in [2.24, 2.45) is 5.92 Å². The molecule has 0 saturated heterocycles. The Kier molecular flexibility index (Phi) is 1.79. The molecule has 0 saturated carbocycles. The number of allylic oxidation sites excluding steroid dienone is 1. The van der Waals surface area contributed by atoms with Gasteiger partial charge in [0.2, 0.25) is 0 Å². The Morgan fingerprint density at radius 2 is 2.22 bits per heavy atom. The van der Waals surface area contributed by atoms with E-state index < -0.39 is 0 Å². The molecular weight excluding hydrogens is 110 g/mol. The highest BCUT2D eigenvalue weighted by molar-refractivity contribution is 5.10. The normalized spacial score (nSPS) is 33.9. The van der Waals surface area contributed by atoms with Crippen LogP contribution in [-0.2, 0) is 0 Å². The van der Waals surface area contributed by atoms with Gasteiger partial charge in [-0.15, -0.1) is 0 Å². The lowest BCUT2D eigenvalue weighted by atomic mass is 10.1. The zero-order valence-electron chi connectivity index (χ0n) is 6.44. The summed E-state index contributed by atoms with van der Waals surface area (Å²) < 4.78 is 0. The maximum atomic E-state index is 3.41. The SMILES string of the molecule is CCC1=CC(C)C(C)N1. The van der Waals surface area contributed by atoms with Crippen LogP contribution in [0, 0.1) is 5.92 Å². The van der Waals surface area contributed by atoms with Crippen LogP contribution >= 0.6 is 0 Å². The first-order valence-corrected chi connectivity index (χ1v) is 3.71. The maximum Gasteiger partial charge on any atom is 0.0290 e. The molecule has 1 aliphatic rings. The summed E-state index contributed by atoms with van der Waals surface area (Å²) in [5, 5.41) is 3.41. The summed E-state index contributed by atoms with van der Waals surface area (Å²) in [6.07, 6.45) is 3.47. The molecule has 1 N–H and O–H groups in total. The van der Waals surface area contributed by atoms with Gasteiger partial charge >= 0.3 is 0 Å². The maximum absolute atomic E-state index is 3.41. The molecule has 2 atom stereocenters. The Hall–Kier alpha value is -0.460. The smallest absolute Gasteiger partial charge is 0.0290 e. The van der Waals surface area contributed by atoms with E-state index in [2.05, 4.69) is 32.2 Å². The molecule has 0 aromatic rings. The average molecular weight is 125 g/mol. The molecule has 1 rings (SSSR count). The highest BCUT2D eigenvalue weighted by Gasteiger charge is 2.16. The Morgan fingerprint density at radius 3 is 2.44 bits per heavy atom. The highest BCUT2D eigenvalue weighted by atomic mass is 14.9. The molecule has 0 aromatic heterocycles. The van der Waals surface area contributed by atoms with Gasteiger partial charge < -0.3 is 5.32 Å². The van der Waals surface area contributed by atoms with Crippen LogP contribution in [0.3, 0.4) is 0 Å². The van der Waals surface area contributed by atoms with Crippen molar-refractivity contribution in [3.05, 3.63) is 11.8 Å². The topological polar surface area (TPSA) is 12.0 Å². The van der Waals surface area contributed by atoms with Crippen molar-refractivity contribution in [1.82, 2.24) is 5.32 Å². The minimum Gasteiger partial charge on any atom is -0.386 e. The standard InChI is InChI=1S/C8H15N/c1-4-8-5-6(2)7(3)9-8/h5-7,9H,4H2,1-3H3. The molecule has 9 heavy (non-hydrogen) atoms. The van der Waals surface area contributed by atoms with E-state index in [0.717, 1.165) is 12.3 Å². The van der Waals surface area contributed by atoms with Gasteiger partial charge in [0.05, 0.1) is 0 Å². The van der Waals surface area contributed by atoms with Gasteiger partial charge in [-0.05, 0) is 19.3 Å². The second kappa shape index (κ2) is 2.42. The molecule has 0 spiro atoms. The van der Waals surface area contributed by atoms with Crippen molar-refractivity contribution < 1.29 is 0 Å². The molecule has 52 valence electrons. The van der Waals surface area contributed by atoms with Gasteiger partial charge in [0.1, 0.15) is 0 Å². The summed E-state index contributed by atoms with van der Waals surface area (Å²) in [6, 6.07) is 0.653.